The lowest BCUT2D eigenvalue weighted by molar-refractivity contribution is -0.0109. The molecule has 2 aromatic heterocycles. The lowest BCUT2D eigenvalue weighted by Crippen LogP contribution is -2.42. The molecule has 0 saturated heterocycles. The van der Waals surface area contributed by atoms with Gasteiger partial charge in [0.1, 0.15) is 11.7 Å². The topological polar surface area (TPSA) is 83.0 Å². The standard InChI is InChI=1S/C16H22N4O2/c1-4-5-16(2)7-11(8-16)22-15-12(13(17)21)6-10-9-18-20(3)14(10)19-15/h6,9,11H,4-5,7-8H2,1-3H3,(H2,17,21). The number of pyridine rings is 1. The molecule has 22 heavy (non-hydrogen) atoms. The molecule has 0 bridgehead atoms. The summed E-state index contributed by atoms with van der Waals surface area (Å²) in [6, 6.07) is 1.71. The van der Waals surface area contributed by atoms with Crippen LogP contribution >= 0.6 is 0 Å². The van der Waals surface area contributed by atoms with Crippen molar-refractivity contribution in [3.8, 4) is 5.88 Å². The number of aryl methyl sites for hydroxylation is 1. The Kier molecular flexibility index (Phi) is 3.54. The molecule has 6 nitrogen and oxygen atoms in total. The molecule has 0 radical (unpaired) electrons. The van der Waals surface area contributed by atoms with Crippen molar-refractivity contribution in [2.45, 2.75) is 45.6 Å². The average molecular weight is 302 g/mol. The Morgan fingerprint density at radius 3 is 2.91 bits per heavy atom. The number of rotatable bonds is 5. The Morgan fingerprint density at radius 1 is 1.55 bits per heavy atom. The van der Waals surface area contributed by atoms with Crippen LogP contribution in [0, 0.1) is 5.41 Å². The molecule has 2 aromatic rings. The molecular formula is C16H22N4O2. The van der Waals surface area contributed by atoms with Crippen LogP contribution in [0.4, 0.5) is 0 Å². The minimum absolute atomic E-state index is 0.104. The number of nitrogens with two attached hydrogens (primary N) is 1. The normalized spacial score (nSPS) is 24.2. The summed E-state index contributed by atoms with van der Waals surface area (Å²) in [5.74, 6) is -0.198. The first-order valence-electron chi connectivity index (χ1n) is 7.71. The first-order valence-corrected chi connectivity index (χ1v) is 7.71. The fourth-order valence-electron chi connectivity index (χ4n) is 3.42. The maximum absolute atomic E-state index is 11.7. The average Bonchev–Trinajstić information content (AvgIpc) is 2.77. The van der Waals surface area contributed by atoms with Crippen molar-refractivity contribution >= 4 is 16.9 Å². The number of amides is 1. The van der Waals surface area contributed by atoms with Crippen LogP contribution < -0.4 is 10.5 Å². The van der Waals surface area contributed by atoms with Gasteiger partial charge in [0.25, 0.3) is 5.91 Å². The van der Waals surface area contributed by atoms with Crippen LogP contribution in [-0.2, 0) is 7.05 Å². The van der Waals surface area contributed by atoms with Crippen LogP contribution in [0.25, 0.3) is 11.0 Å². The van der Waals surface area contributed by atoms with E-state index in [9.17, 15) is 4.79 Å². The zero-order valence-electron chi connectivity index (χ0n) is 13.3. The Morgan fingerprint density at radius 2 is 2.27 bits per heavy atom. The summed E-state index contributed by atoms with van der Waals surface area (Å²) >= 11 is 0. The first kappa shape index (κ1) is 14.8. The van der Waals surface area contributed by atoms with E-state index >= 15 is 0 Å². The molecule has 2 heterocycles. The van der Waals surface area contributed by atoms with Crippen molar-refractivity contribution in [1.82, 2.24) is 14.8 Å². The molecule has 3 rings (SSSR count). The minimum Gasteiger partial charge on any atom is -0.474 e. The molecule has 1 saturated carbocycles. The molecule has 0 spiro atoms. The van der Waals surface area contributed by atoms with Crippen LogP contribution in [-0.4, -0.2) is 26.8 Å². The van der Waals surface area contributed by atoms with E-state index < -0.39 is 5.91 Å². The van der Waals surface area contributed by atoms with Crippen molar-refractivity contribution in [1.29, 1.82) is 0 Å². The van der Waals surface area contributed by atoms with Crippen molar-refractivity contribution in [2.24, 2.45) is 18.2 Å². The summed E-state index contributed by atoms with van der Waals surface area (Å²) < 4.78 is 7.63. The van der Waals surface area contributed by atoms with Crippen molar-refractivity contribution in [3.05, 3.63) is 17.8 Å². The van der Waals surface area contributed by atoms with Gasteiger partial charge in [-0.3, -0.25) is 9.48 Å². The summed E-state index contributed by atoms with van der Waals surface area (Å²) in [6.07, 6.45) is 6.13. The number of nitrogens with zero attached hydrogens (tertiary/aromatic N) is 3. The Hall–Kier alpha value is -2.11. The van der Waals surface area contributed by atoms with Crippen molar-refractivity contribution < 1.29 is 9.53 Å². The van der Waals surface area contributed by atoms with Crippen LogP contribution in [0.2, 0.25) is 0 Å². The summed E-state index contributed by atoms with van der Waals surface area (Å²) in [5.41, 5.74) is 6.83. The summed E-state index contributed by atoms with van der Waals surface area (Å²) in [7, 11) is 1.81. The number of ether oxygens (including phenoxy) is 1. The molecule has 1 fully saturated rings. The van der Waals surface area contributed by atoms with Gasteiger partial charge in [0.05, 0.1) is 6.20 Å². The maximum atomic E-state index is 11.7. The van der Waals surface area contributed by atoms with E-state index in [2.05, 4.69) is 23.9 Å². The molecule has 1 aliphatic carbocycles. The van der Waals surface area contributed by atoms with Crippen LogP contribution in [0.3, 0.4) is 0 Å². The molecule has 1 amide bonds. The van der Waals surface area contributed by atoms with Crippen molar-refractivity contribution in [2.75, 3.05) is 0 Å². The highest BCUT2D eigenvalue weighted by Crippen LogP contribution is 2.46. The fraction of sp³-hybridized carbons (Fsp3) is 0.562. The lowest BCUT2D eigenvalue weighted by Gasteiger charge is -2.44. The van der Waals surface area contributed by atoms with E-state index in [0.29, 0.717) is 22.5 Å². The van der Waals surface area contributed by atoms with E-state index in [1.54, 1.807) is 16.9 Å². The van der Waals surface area contributed by atoms with Gasteiger partial charge in [-0.05, 0) is 30.7 Å². The predicted octanol–water partition coefficient (Wildman–Crippen LogP) is 2.41. The van der Waals surface area contributed by atoms with Gasteiger partial charge in [0, 0.05) is 12.4 Å². The second-order valence-corrected chi connectivity index (χ2v) is 6.60. The number of hydrogen-bond donors (Lipinski definition) is 1. The third kappa shape index (κ3) is 2.53. The largest absolute Gasteiger partial charge is 0.474 e. The van der Waals surface area contributed by atoms with Gasteiger partial charge in [-0.1, -0.05) is 20.3 Å². The number of hydrogen-bond acceptors (Lipinski definition) is 4. The highest BCUT2D eigenvalue weighted by molar-refractivity contribution is 5.98. The zero-order chi connectivity index (χ0) is 15.9. The van der Waals surface area contributed by atoms with Gasteiger partial charge in [-0.2, -0.15) is 10.1 Å². The molecule has 118 valence electrons. The lowest BCUT2D eigenvalue weighted by atomic mass is 9.66. The van der Waals surface area contributed by atoms with Gasteiger partial charge in [-0.15, -0.1) is 0 Å². The number of carbonyl (C=O) groups excluding carboxylic acids is 1. The number of fused-ring (bicyclic) bond motifs is 1. The SMILES string of the molecule is CCCC1(C)CC(Oc2nc3c(cnn3C)cc2C(N)=O)C1. The zero-order valence-corrected chi connectivity index (χ0v) is 13.3. The molecule has 0 atom stereocenters. The van der Waals surface area contributed by atoms with E-state index in [4.69, 9.17) is 10.5 Å². The monoisotopic (exact) mass is 302 g/mol. The molecular weight excluding hydrogens is 280 g/mol. The van der Waals surface area contributed by atoms with Crippen LogP contribution in [0.15, 0.2) is 12.3 Å². The molecule has 0 aliphatic heterocycles. The van der Waals surface area contributed by atoms with E-state index in [1.807, 2.05) is 7.05 Å². The first-order chi connectivity index (χ1) is 10.4. The van der Waals surface area contributed by atoms with E-state index in [0.717, 1.165) is 18.2 Å². The smallest absolute Gasteiger partial charge is 0.254 e. The minimum atomic E-state index is -0.524. The molecule has 2 N–H and O–H groups in total. The van der Waals surface area contributed by atoms with Gasteiger partial charge in [-0.25, -0.2) is 0 Å². The summed E-state index contributed by atoms with van der Waals surface area (Å²) in [5, 5.41) is 4.93. The molecule has 1 aliphatic rings. The maximum Gasteiger partial charge on any atom is 0.254 e. The third-order valence-corrected chi connectivity index (χ3v) is 4.51. The van der Waals surface area contributed by atoms with Crippen LogP contribution in [0.1, 0.15) is 49.9 Å². The summed E-state index contributed by atoms with van der Waals surface area (Å²) in [4.78, 5) is 16.1. The molecule has 6 heteroatoms. The summed E-state index contributed by atoms with van der Waals surface area (Å²) in [6.45, 7) is 4.48. The molecule has 0 unspecified atom stereocenters. The van der Waals surface area contributed by atoms with E-state index in [-0.39, 0.29) is 6.10 Å². The molecule has 0 aromatic carbocycles. The quantitative estimate of drug-likeness (QED) is 0.919. The van der Waals surface area contributed by atoms with Crippen LogP contribution in [0.5, 0.6) is 5.88 Å². The predicted molar refractivity (Wildman–Crippen MR) is 83.7 cm³/mol. The van der Waals surface area contributed by atoms with Gasteiger partial charge in [0.2, 0.25) is 5.88 Å². The van der Waals surface area contributed by atoms with Crippen molar-refractivity contribution in [3.63, 3.8) is 0 Å². The Labute approximate surface area is 129 Å². The van der Waals surface area contributed by atoms with E-state index in [1.165, 1.54) is 12.8 Å². The number of carbonyl (C=O) groups is 1. The highest BCUT2D eigenvalue weighted by atomic mass is 16.5. The fourth-order valence-corrected chi connectivity index (χ4v) is 3.42. The Balaban J connectivity index is 1.85. The second kappa shape index (κ2) is 5.26. The second-order valence-electron chi connectivity index (χ2n) is 6.60. The van der Waals surface area contributed by atoms with Gasteiger partial charge >= 0.3 is 0 Å². The third-order valence-electron chi connectivity index (χ3n) is 4.51. The van der Waals surface area contributed by atoms with Gasteiger partial charge in [0.15, 0.2) is 5.65 Å². The highest BCUT2D eigenvalue weighted by Gasteiger charge is 2.41. The number of primary amides is 1. The number of aromatic nitrogens is 3. The Bertz CT molecular complexity index is 716. The van der Waals surface area contributed by atoms with Gasteiger partial charge < -0.3 is 10.5 Å².